The summed E-state index contributed by atoms with van der Waals surface area (Å²) in [6.45, 7) is 8.77. The molecule has 2 aliphatic heterocycles. The molecular formula is C25H27ClN4S. The molecule has 4 heterocycles. The van der Waals surface area contributed by atoms with Crippen molar-refractivity contribution in [1.29, 1.82) is 0 Å². The average molecular weight is 451 g/mol. The molecule has 2 aromatic heterocycles. The number of halogens is 1. The fraction of sp³-hybridized carbons (Fsp3) is 0.360. The number of pyridine rings is 1. The Kier molecular flexibility index (Phi) is 5.35. The number of thioether (sulfide) groups is 1. The lowest BCUT2D eigenvalue weighted by Gasteiger charge is -2.32. The summed E-state index contributed by atoms with van der Waals surface area (Å²) in [6, 6.07) is 15.3. The van der Waals surface area contributed by atoms with Crippen molar-refractivity contribution in [2.45, 2.75) is 52.2 Å². The second-order valence-electron chi connectivity index (χ2n) is 8.38. The van der Waals surface area contributed by atoms with Crippen LogP contribution in [0.3, 0.4) is 0 Å². The molecule has 3 atom stereocenters. The van der Waals surface area contributed by atoms with Gasteiger partial charge < -0.3 is 9.47 Å². The second kappa shape index (κ2) is 8.03. The van der Waals surface area contributed by atoms with E-state index in [1.54, 1.807) is 0 Å². The van der Waals surface area contributed by atoms with E-state index in [0.717, 1.165) is 39.3 Å². The van der Waals surface area contributed by atoms with Crippen molar-refractivity contribution < 1.29 is 0 Å². The van der Waals surface area contributed by atoms with E-state index in [4.69, 9.17) is 21.6 Å². The van der Waals surface area contributed by atoms with Gasteiger partial charge in [0.25, 0.3) is 0 Å². The van der Waals surface area contributed by atoms with Crippen LogP contribution in [0.5, 0.6) is 0 Å². The molecule has 0 N–H and O–H groups in total. The number of hydrogen-bond acceptors (Lipinski definition) is 4. The van der Waals surface area contributed by atoms with Gasteiger partial charge in [-0.3, -0.25) is 9.98 Å². The lowest BCUT2D eigenvalue weighted by atomic mass is 9.95. The van der Waals surface area contributed by atoms with Crippen molar-refractivity contribution in [2.24, 2.45) is 4.99 Å². The Balaban J connectivity index is 1.66. The first-order chi connectivity index (χ1) is 15.0. The van der Waals surface area contributed by atoms with Gasteiger partial charge in [-0.15, -0.1) is 0 Å². The third-order valence-electron chi connectivity index (χ3n) is 6.60. The molecule has 0 unspecified atom stereocenters. The average Bonchev–Trinajstić information content (AvgIpc) is 3.42. The van der Waals surface area contributed by atoms with Gasteiger partial charge in [0.1, 0.15) is 6.04 Å². The summed E-state index contributed by atoms with van der Waals surface area (Å²) in [5.41, 5.74) is 7.07. The Labute approximate surface area is 193 Å². The zero-order chi connectivity index (χ0) is 21.7. The van der Waals surface area contributed by atoms with Gasteiger partial charge in [-0.2, -0.15) is 0 Å². The van der Waals surface area contributed by atoms with Crippen molar-refractivity contribution >= 4 is 28.5 Å². The normalized spacial score (nSPS) is 22.7. The first kappa shape index (κ1) is 20.7. The summed E-state index contributed by atoms with van der Waals surface area (Å²) in [5, 5.41) is 1.96. The molecule has 4 nitrogen and oxygen atoms in total. The molecule has 6 heteroatoms. The molecule has 1 aromatic carbocycles. The van der Waals surface area contributed by atoms with E-state index in [1.165, 1.54) is 17.0 Å². The van der Waals surface area contributed by atoms with Crippen molar-refractivity contribution in [3.05, 3.63) is 81.9 Å². The Bertz CT molecular complexity index is 1150. The van der Waals surface area contributed by atoms with Crippen LogP contribution in [0, 0.1) is 20.8 Å². The molecule has 3 aromatic rings. The highest BCUT2D eigenvalue weighted by Crippen LogP contribution is 2.50. The van der Waals surface area contributed by atoms with E-state index in [0.29, 0.717) is 6.04 Å². The predicted octanol–water partition coefficient (Wildman–Crippen LogP) is 6.43. The summed E-state index contributed by atoms with van der Waals surface area (Å²) in [5.74, 6) is 1.10. The highest BCUT2D eigenvalue weighted by Gasteiger charge is 2.46. The minimum absolute atomic E-state index is 0.00691. The van der Waals surface area contributed by atoms with Crippen LogP contribution < -0.4 is 0 Å². The summed E-state index contributed by atoms with van der Waals surface area (Å²) < 4.78 is 2.34. The van der Waals surface area contributed by atoms with Gasteiger partial charge in [0.15, 0.2) is 5.17 Å². The monoisotopic (exact) mass is 450 g/mol. The lowest BCUT2D eigenvalue weighted by molar-refractivity contribution is 0.254. The van der Waals surface area contributed by atoms with Crippen molar-refractivity contribution in [2.75, 3.05) is 5.75 Å². The van der Waals surface area contributed by atoms with E-state index >= 15 is 0 Å². The maximum Gasteiger partial charge on any atom is 0.160 e. The molecule has 0 radical (unpaired) electrons. The van der Waals surface area contributed by atoms with Crippen LogP contribution in [0.25, 0.3) is 5.69 Å². The number of fused-ring (bicyclic) bond motifs is 1. The smallest absolute Gasteiger partial charge is 0.160 e. The third-order valence-corrected chi connectivity index (χ3v) is 8.13. The van der Waals surface area contributed by atoms with Gasteiger partial charge in [0.05, 0.1) is 11.7 Å². The molecule has 0 saturated carbocycles. The molecule has 0 amide bonds. The number of aromatic nitrogens is 2. The SMILES string of the molecule is CC[C@@H]1CSC2=N[C@@H](c3ccccn3)[C@@H](c3cc(C)n(-c4cccc(Cl)c4C)c3C)N21. The number of amidine groups is 1. The number of nitrogens with zero attached hydrogens (tertiary/aromatic N) is 4. The first-order valence-electron chi connectivity index (χ1n) is 10.9. The minimum atomic E-state index is 0.00691. The van der Waals surface area contributed by atoms with Crippen LogP contribution >= 0.6 is 23.4 Å². The number of hydrogen-bond donors (Lipinski definition) is 0. The number of aryl methyl sites for hydroxylation is 1. The Morgan fingerprint density at radius 3 is 2.71 bits per heavy atom. The van der Waals surface area contributed by atoms with Gasteiger partial charge in [-0.1, -0.05) is 42.4 Å². The Morgan fingerprint density at radius 1 is 1.13 bits per heavy atom. The summed E-state index contributed by atoms with van der Waals surface area (Å²) in [6.07, 6.45) is 2.99. The van der Waals surface area contributed by atoms with E-state index < -0.39 is 0 Å². The number of benzene rings is 1. The Morgan fingerprint density at radius 2 is 1.97 bits per heavy atom. The van der Waals surface area contributed by atoms with E-state index in [2.05, 4.69) is 61.4 Å². The van der Waals surface area contributed by atoms with Gasteiger partial charge >= 0.3 is 0 Å². The van der Waals surface area contributed by atoms with Gasteiger partial charge in [0, 0.05) is 40.1 Å². The van der Waals surface area contributed by atoms with E-state index in [9.17, 15) is 0 Å². The first-order valence-corrected chi connectivity index (χ1v) is 12.2. The summed E-state index contributed by atoms with van der Waals surface area (Å²) in [7, 11) is 0. The summed E-state index contributed by atoms with van der Waals surface area (Å²) >= 11 is 8.35. The lowest BCUT2D eigenvalue weighted by Crippen LogP contribution is -2.35. The minimum Gasteiger partial charge on any atom is -0.338 e. The molecule has 2 aliphatic rings. The largest absolute Gasteiger partial charge is 0.338 e. The van der Waals surface area contributed by atoms with Crippen LogP contribution in [0.15, 0.2) is 53.7 Å². The van der Waals surface area contributed by atoms with Crippen LogP contribution in [0.2, 0.25) is 5.02 Å². The van der Waals surface area contributed by atoms with Crippen LogP contribution in [0.1, 0.15) is 53.6 Å². The molecule has 31 heavy (non-hydrogen) atoms. The standard InChI is InChI=1S/C25H27ClN4S/c1-5-18-14-31-25-28-23(21-10-6-7-12-27-21)24(30(18)25)19-13-15(2)29(17(19)4)22-11-8-9-20(26)16(22)3/h6-13,18,23-24H,5,14H2,1-4H3/t18-,23+,24-/m1/s1. The quantitative estimate of drug-likeness (QED) is 0.459. The molecule has 0 spiro atoms. The van der Waals surface area contributed by atoms with Gasteiger partial charge in [-0.25, -0.2) is 0 Å². The van der Waals surface area contributed by atoms with Crippen LogP contribution in [0.4, 0.5) is 0 Å². The molecule has 1 saturated heterocycles. The van der Waals surface area contributed by atoms with Gasteiger partial charge in [0.2, 0.25) is 0 Å². The van der Waals surface area contributed by atoms with Crippen molar-refractivity contribution in [3.63, 3.8) is 0 Å². The molecule has 0 bridgehead atoms. The van der Waals surface area contributed by atoms with Crippen LogP contribution in [-0.2, 0) is 0 Å². The van der Waals surface area contributed by atoms with Crippen molar-refractivity contribution in [1.82, 2.24) is 14.5 Å². The van der Waals surface area contributed by atoms with E-state index in [1.807, 2.05) is 36.2 Å². The van der Waals surface area contributed by atoms with Crippen molar-refractivity contribution in [3.8, 4) is 5.69 Å². The number of rotatable bonds is 4. The maximum absolute atomic E-state index is 6.47. The topological polar surface area (TPSA) is 33.4 Å². The van der Waals surface area contributed by atoms with E-state index in [-0.39, 0.29) is 12.1 Å². The number of aliphatic imine (C=N–C) groups is 1. The zero-order valence-corrected chi connectivity index (χ0v) is 19.9. The molecule has 5 rings (SSSR count). The zero-order valence-electron chi connectivity index (χ0n) is 18.3. The molecule has 160 valence electrons. The second-order valence-corrected chi connectivity index (χ2v) is 9.78. The molecule has 0 aliphatic carbocycles. The highest BCUT2D eigenvalue weighted by atomic mass is 35.5. The summed E-state index contributed by atoms with van der Waals surface area (Å²) in [4.78, 5) is 12.4. The fourth-order valence-electron chi connectivity index (χ4n) is 4.98. The highest BCUT2D eigenvalue weighted by molar-refractivity contribution is 8.14. The van der Waals surface area contributed by atoms with Gasteiger partial charge in [-0.05, 0) is 68.7 Å². The predicted molar refractivity (Wildman–Crippen MR) is 131 cm³/mol. The third kappa shape index (κ3) is 3.30. The Hall–Kier alpha value is -2.24. The van der Waals surface area contributed by atoms with Crippen LogP contribution in [-0.4, -0.2) is 31.4 Å². The molecular weight excluding hydrogens is 424 g/mol. The maximum atomic E-state index is 6.47. The fourth-order valence-corrected chi connectivity index (χ4v) is 6.49. The molecule has 1 fully saturated rings.